The number of methoxy groups -OCH3 is 1. The summed E-state index contributed by atoms with van der Waals surface area (Å²) < 4.78 is 12.7. The molecule has 2 aromatic carbocycles. The fraction of sp³-hybridized carbons (Fsp3) is 0.400. The van der Waals surface area contributed by atoms with Gasteiger partial charge in [-0.1, -0.05) is 24.3 Å². The van der Waals surface area contributed by atoms with E-state index in [-0.39, 0.29) is 23.3 Å². The molecule has 2 fully saturated rings. The van der Waals surface area contributed by atoms with Gasteiger partial charge in [0.2, 0.25) is 0 Å². The zero-order valence-corrected chi connectivity index (χ0v) is 21.3. The highest BCUT2D eigenvalue weighted by Crippen LogP contribution is 2.36. The Morgan fingerprint density at radius 2 is 1.73 bits per heavy atom. The maximum absolute atomic E-state index is 13.8. The lowest BCUT2D eigenvalue weighted by Crippen LogP contribution is -2.49. The number of carbonyl (C=O) groups excluding carboxylic acids is 1. The molecule has 1 amide bonds. The second-order valence-electron chi connectivity index (χ2n) is 10.4. The molecule has 37 heavy (non-hydrogen) atoms. The van der Waals surface area contributed by atoms with Gasteiger partial charge in [-0.2, -0.15) is 0 Å². The van der Waals surface area contributed by atoms with E-state index in [1.807, 2.05) is 51.9 Å². The number of rotatable bonds is 5. The predicted octanol–water partition coefficient (Wildman–Crippen LogP) is 3.62. The number of piperidine rings is 1. The van der Waals surface area contributed by atoms with E-state index in [9.17, 15) is 9.59 Å². The molecule has 6 rings (SSSR count). The van der Waals surface area contributed by atoms with Gasteiger partial charge in [0.25, 0.3) is 11.5 Å². The number of ether oxygens (including phenoxy) is 2. The van der Waals surface area contributed by atoms with Gasteiger partial charge in [-0.3, -0.25) is 14.5 Å². The quantitative estimate of drug-likeness (QED) is 0.537. The summed E-state index contributed by atoms with van der Waals surface area (Å²) in [7, 11) is 1.62. The van der Waals surface area contributed by atoms with E-state index >= 15 is 0 Å². The van der Waals surface area contributed by atoms with Gasteiger partial charge in [0, 0.05) is 62.0 Å². The van der Waals surface area contributed by atoms with Gasteiger partial charge in [-0.05, 0) is 59.9 Å². The van der Waals surface area contributed by atoms with Gasteiger partial charge >= 0.3 is 0 Å². The molecule has 7 heteroatoms. The minimum absolute atomic E-state index is 0.0433. The van der Waals surface area contributed by atoms with Crippen LogP contribution in [0.25, 0.3) is 11.1 Å². The number of likely N-dealkylation sites (tertiary alicyclic amines) is 1. The number of nitrogens with zero attached hydrogens (tertiary/aromatic N) is 3. The number of hydrogen-bond donors (Lipinski definition) is 0. The Balaban J connectivity index is 1.26. The summed E-state index contributed by atoms with van der Waals surface area (Å²) in [5.74, 6) is 1.22. The van der Waals surface area contributed by atoms with Crippen molar-refractivity contribution in [3.05, 3.63) is 87.8 Å². The summed E-state index contributed by atoms with van der Waals surface area (Å²) in [6, 6.07) is 19.7. The topological polar surface area (TPSA) is 64.0 Å². The summed E-state index contributed by atoms with van der Waals surface area (Å²) in [6.07, 6.45) is 1.01. The van der Waals surface area contributed by atoms with Gasteiger partial charge in [0.1, 0.15) is 5.75 Å². The minimum atomic E-state index is 0.0433. The van der Waals surface area contributed by atoms with Gasteiger partial charge in [-0.15, -0.1) is 0 Å². The number of morpholine rings is 1. The maximum atomic E-state index is 13.8. The van der Waals surface area contributed by atoms with E-state index in [2.05, 4.69) is 23.1 Å². The zero-order chi connectivity index (χ0) is 25.4. The second kappa shape index (κ2) is 10.1. The molecule has 0 saturated carbocycles. The Labute approximate surface area is 217 Å². The number of hydrogen-bond acceptors (Lipinski definition) is 5. The van der Waals surface area contributed by atoms with Gasteiger partial charge in [0.15, 0.2) is 0 Å². The first-order valence-corrected chi connectivity index (χ1v) is 13.2. The van der Waals surface area contributed by atoms with Crippen molar-refractivity contribution in [1.29, 1.82) is 0 Å². The number of pyridine rings is 1. The molecule has 0 unspecified atom stereocenters. The fourth-order valence-electron chi connectivity index (χ4n) is 6.15. The molecule has 7 nitrogen and oxygen atoms in total. The molecule has 0 spiro atoms. The molecule has 0 aliphatic carbocycles. The molecule has 3 aliphatic rings. The van der Waals surface area contributed by atoms with Crippen LogP contribution >= 0.6 is 0 Å². The van der Waals surface area contributed by atoms with Crippen LogP contribution < -0.4 is 10.3 Å². The first-order chi connectivity index (χ1) is 18.1. The lowest BCUT2D eigenvalue weighted by molar-refractivity contribution is 0.0342. The highest BCUT2D eigenvalue weighted by Gasteiger charge is 2.37. The molecule has 0 N–H and O–H groups in total. The third-order valence-electron chi connectivity index (χ3n) is 8.03. The van der Waals surface area contributed by atoms with E-state index in [1.165, 1.54) is 5.56 Å². The number of benzene rings is 2. The molecule has 1 aromatic heterocycles. The van der Waals surface area contributed by atoms with Crippen LogP contribution in [0.4, 0.5) is 0 Å². The smallest absolute Gasteiger partial charge is 0.258 e. The third-order valence-corrected chi connectivity index (χ3v) is 8.03. The van der Waals surface area contributed by atoms with E-state index in [0.717, 1.165) is 61.8 Å². The monoisotopic (exact) mass is 499 g/mol. The van der Waals surface area contributed by atoms with Crippen molar-refractivity contribution in [2.75, 3.05) is 46.5 Å². The van der Waals surface area contributed by atoms with E-state index in [1.54, 1.807) is 7.11 Å². The average Bonchev–Trinajstić information content (AvgIpc) is 2.94. The lowest BCUT2D eigenvalue weighted by atomic mass is 9.82. The Morgan fingerprint density at radius 3 is 2.51 bits per heavy atom. The van der Waals surface area contributed by atoms with Crippen LogP contribution in [0.3, 0.4) is 0 Å². The molecule has 192 valence electrons. The second-order valence-corrected chi connectivity index (χ2v) is 10.4. The molecule has 2 atom stereocenters. The summed E-state index contributed by atoms with van der Waals surface area (Å²) in [6.45, 7) is 6.10. The Kier molecular flexibility index (Phi) is 6.57. The molecule has 3 aliphatic heterocycles. The molecule has 0 radical (unpaired) electrons. The summed E-state index contributed by atoms with van der Waals surface area (Å²) in [5, 5.41) is 0. The SMILES string of the molecule is COc1ccc(C(=O)N2C[C@H]3C[C@H](C2)c2ccc(-c4ccccc4CN4CCOCC4)c(=O)n2C3)cc1. The highest BCUT2D eigenvalue weighted by molar-refractivity contribution is 5.94. The first-order valence-electron chi connectivity index (χ1n) is 13.2. The Bertz CT molecular complexity index is 1340. The van der Waals surface area contributed by atoms with Crippen molar-refractivity contribution in [2.24, 2.45) is 5.92 Å². The number of aromatic nitrogens is 1. The largest absolute Gasteiger partial charge is 0.497 e. The van der Waals surface area contributed by atoms with Crippen molar-refractivity contribution in [2.45, 2.75) is 25.4 Å². The van der Waals surface area contributed by atoms with E-state index < -0.39 is 0 Å². The van der Waals surface area contributed by atoms with Gasteiger partial charge in [0.05, 0.1) is 20.3 Å². The number of carbonyl (C=O) groups is 1. The molecule has 3 aromatic rings. The van der Waals surface area contributed by atoms with Crippen LogP contribution in [0.15, 0.2) is 65.5 Å². The molecule has 4 heterocycles. The van der Waals surface area contributed by atoms with Crippen LogP contribution in [0.2, 0.25) is 0 Å². The van der Waals surface area contributed by atoms with Gasteiger partial charge < -0.3 is 18.9 Å². The third kappa shape index (κ3) is 4.69. The van der Waals surface area contributed by atoms with Gasteiger partial charge in [-0.25, -0.2) is 0 Å². The number of fused-ring (bicyclic) bond motifs is 4. The highest BCUT2D eigenvalue weighted by atomic mass is 16.5. The lowest BCUT2D eigenvalue weighted by Gasteiger charge is -2.43. The summed E-state index contributed by atoms with van der Waals surface area (Å²) in [5.41, 5.74) is 4.75. The summed E-state index contributed by atoms with van der Waals surface area (Å²) in [4.78, 5) is 31.4. The Morgan fingerprint density at radius 1 is 0.946 bits per heavy atom. The fourth-order valence-corrected chi connectivity index (χ4v) is 6.15. The molecular weight excluding hydrogens is 466 g/mol. The zero-order valence-electron chi connectivity index (χ0n) is 21.3. The normalized spacial score (nSPS) is 21.4. The molecule has 2 saturated heterocycles. The first kappa shape index (κ1) is 23.9. The van der Waals surface area contributed by atoms with Crippen LogP contribution in [0.5, 0.6) is 5.75 Å². The standard InChI is InChI=1S/C30H33N3O4/c1-36-25-8-6-22(7-9-25)29(34)32-17-21-16-24(20-32)28-11-10-27(30(35)33(28)18-21)26-5-3-2-4-23(26)19-31-12-14-37-15-13-31/h2-11,21,24H,12-20H2,1H3/t21-,24-/m1/s1. The minimum Gasteiger partial charge on any atom is -0.497 e. The van der Waals surface area contributed by atoms with Crippen LogP contribution in [-0.4, -0.2) is 66.8 Å². The molecular formula is C30H33N3O4. The van der Waals surface area contributed by atoms with Crippen molar-refractivity contribution in [3.8, 4) is 16.9 Å². The van der Waals surface area contributed by atoms with Crippen molar-refractivity contribution in [3.63, 3.8) is 0 Å². The Hall–Kier alpha value is -3.42. The van der Waals surface area contributed by atoms with Crippen LogP contribution in [-0.2, 0) is 17.8 Å². The summed E-state index contributed by atoms with van der Waals surface area (Å²) >= 11 is 0. The molecule has 2 bridgehead atoms. The average molecular weight is 500 g/mol. The van der Waals surface area contributed by atoms with Crippen molar-refractivity contribution in [1.82, 2.24) is 14.4 Å². The predicted molar refractivity (Wildman–Crippen MR) is 142 cm³/mol. The maximum Gasteiger partial charge on any atom is 0.258 e. The van der Waals surface area contributed by atoms with E-state index in [0.29, 0.717) is 25.2 Å². The van der Waals surface area contributed by atoms with E-state index in [4.69, 9.17) is 9.47 Å². The van der Waals surface area contributed by atoms with Crippen molar-refractivity contribution < 1.29 is 14.3 Å². The van der Waals surface area contributed by atoms with Crippen LogP contribution in [0.1, 0.15) is 34.0 Å². The van der Waals surface area contributed by atoms with Crippen molar-refractivity contribution >= 4 is 5.91 Å². The number of amides is 1. The van der Waals surface area contributed by atoms with Crippen LogP contribution in [0, 0.1) is 5.92 Å².